The smallest absolute Gasteiger partial charge is 0.258 e. The summed E-state index contributed by atoms with van der Waals surface area (Å²) in [5.41, 5.74) is 14.1. The molecule has 6 aromatic carbocycles. The first-order valence-corrected chi connectivity index (χ1v) is 29.9. The molecule has 0 unspecified atom stereocenters. The molecule has 0 bridgehead atoms. The lowest BCUT2D eigenvalue weighted by molar-refractivity contribution is -0.117. The highest BCUT2D eigenvalue weighted by atomic mass is 16.5. The highest BCUT2D eigenvalue weighted by Gasteiger charge is 2.30. The molecule has 1 N–H and O–H groups in total. The van der Waals surface area contributed by atoms with Gasteiger partial charge in [-0.3, -0.25) is 0 Å². The quantitative estimate of drug-likeness (QED) is 0.0890. The number of rotatable bonds is 17. The van der Waals surface area contributed by atoms with E-state index in [1.807, 2.05) is 77.9 Å². The molecule has 0 aliphatic heterocycles. The number of carbonyl (C=O) groups is 1. The average Bonchev–Trinajstić information content (AvgIpc) is 2.99. The van der Waals surface area contributed by atoms with E-state index in [1.165, 1.54) is 33.4 Å². The molecule has 0 saturated heterocycles. The number of carbonyl (C=O) groups excluding carboxylic acids is 1. The van der Waals surface area contributed by atoms with E-state index in [2.05, 4.69) is 104 Å². The summed E-state index contributed by atoms with van der Waals surface area (Å²) in [5, 5.41) is 44.6. The first-order valence-electron chi connectivity index (χ1n) is 29.9. The molecule has 0 spiro atoms. The average molecular weight is 1160 g/mol. The summed E-state index contributed by atoms with van der Waals surface area (Å²) in [7, 11) is 0. The molecular weight excluding hydrogens is 1090 g/mol. The minimum absolute atomic E-state index is 0.000486. The highest BCUT2D eigenvalue weighted by molar-refractivity contribution is 5.77. The third-order valence-corrected chi connectivity index (χ3v) is 15.5. The molecule has 0 fully saturated rings. The SMILES string of the molecule is CC(=O)C[C@H]1CCc2c(-c3noc(-c4ccc(OC(C)C)c(C#N)c4)n3)cccc21.CC(C)Oc1ccc(-c2nc(-c3cccc4c3CC[C@@H]4C)no2)cc1C#N.CCCN[C@H]1CCc2c(-c3noc(-c4ccc(OC(C)C)c(C#N)c4)n3)cccc21. The molecule has 3 heterocycles. The monoisotopic (exact) mass is 1160 g/mol. The number of fused-ring (bicyclic) bond motifs is 3. The number of hydrogen-bond acceptors (Lipinski definition) is 17. The zero-order valence-corrected chi connectivity index (χ0v) is 50.6. The van der Waals surface area contributed by atoms with Gasteiger partial charge >= 0.3 is 0 Å². The Morgan fingerprint density at radius 2 is 0.943 bits per heavy atom. The lowest BCUT2D eigenvalue weighted by Crippen LogP contribution is -2.19. The minimum atomic E-state index is -0.0232. The van der Waals surface area contributed by atoms with Gasteiger partial charge < -0.3 is 37.9 Å². The van der Waals surface area contributed by atoms with Crippen molar-refractivity contribution < 1.29 is 32.6 Å². The van der Waals surface area contributed by atoms with E-state index < -0.39 is 0 Å². The van der Waals surface area contributed by atoms with E-state index in [-0.39, 0.29) is 30.0 Å². The maximum absolute atomic E-state index is 11.6. The Balaban J connectivity index is 0.000000145. The van der Waals surface area contributed by atoms with Gasteiger partial charge in [-0.2, -0.15) is 30.7 Å². The molecule has 0 radical (unpaired) electrons. The largest absolute Gasteiger partial charge is 0.490 e. The van der Waals surface area contributed by atoms with Crippen molar-refractivity contribution in [1.82, 2.24) is 35.7 Å². The van der Waals surface area contributed by atoms with Crippen LogP contribution in [0.2, 0.25) is 0 Å². The normalized spacial score (nSPS) is 15.3. The molecule has 3 atom stereocenters. The van der Waals surface area contributed by atoms with E-state index in [0.717, 1.165) is 68.2 Å². The molecule has 12 rings (SSSR count). The van der Waals surface area contributed by atoms with Crippen LogP contribution in [-0.4, -0.2) is 61.1 Å². The number of nitrogens with zero attached hydrogens (tertiary/aromatic N) is 9. The van der Waals surface area contributed by atoms with Crippen molar-refractivity contribution in [2.75, 3.05) is 6.54 Å². The number of Topliss-reactive ketones (excluding diaryl/α,β-unsaturated/α-hetero) is 1. The molecular formula is C70H70N10O7. The van der Waals surface area contributed by atoms with Gasteiger partial charge in [0.15, 0.2) is 0 Å². The predicted octanol–water partition coefficient (Wildman–Crippen LogP) is 15.2. The van der Waals surface area contributed by atoms with E-state index >= 15 is 0 Å². The van der Waals surface area contributed by atoms with Crippen LogP contribution >= 0.6 is 0 Å². The lowest BCUT2D eigenvalue weighted by atomic mass is 9.94. The van der Waals surface area contributed by atoms with Gasteiger partial charge in [0.2, 0.25) is 17.5 Å². The van der Waals surface area contributed by atoms with Crippen LogP contribution < -0.4 is 19.5 Å². The zero-order chi connectivity index (χ0) is 61.3. The van der Waals surface area contributed by atoms with Crippen LogP contribution in [0.5, 0.6) is 17.2 Å². The van der Waals surface area contributed by atoms with Crippen LogP contribution in [-0.2, 0) is 24.1 Å². The molecule has 9 aromatic rings. The van der Waals surface area contributed by atoms with Crippen molar-refractivity contribution in [3.05, 3.63) is 159 Å². The number of nitriles is 3. The van der Waals surface area contributed by atoms with Crippen LogP contribution in [0.1, 0.15) is 162 Å². The van der Waals surface area contributed by atoms with Gasteiger partial charge in [0, 0.05) is 45.8 Å². The Kier molecular flexibility index (Phi) is 18.8. The molecule has 17 heteroatoms. The second-order valence-electron chi connectivity index (χ2n) is 23.0. The van der Waals surface area contributed by atoms with Crippen molar-refractivity contribution in [1.29, 1.82) is 15.8 Å². The number of benzene rings is 6. The summed E-state index contributed by atoms with van der Waals surface area (Å²) >= 11 is 0. The third-order valence-electron chi connectivity index (χ3n) is 15.5. The second-order valence-corrected chi connectivity index (χ2v) is 23.0. The summed E-state index contributed by atoms with van der Waals surface area (Å²) in [6, 6.07) is 41.5. The standard InChI is InChI=1S/C24H26N4O2.C24H23N3O3.C22H21N3O2/c1-4-12-26-21-10-9-18-19(21)6-5-7-20(18)23-27-24(30-28-23)16-8-11-22(29-15(2)3)17(13-16)14-25;1-14(2)29-22-10-8-17(12-18(22)13-25)24-26-23(27-30-24)21-6-4-5-19-16(11-15(3)28)7-9-20(19)21;1-13(2)26-20-10-8-15(11-16(20)12-23)22-24-21(25-27-22)19-6-4-5-17-14(3)7-9-18(17)19/h5-8,11,13,15,21,26H,4,9-10,12H2,1-3H3;4-6,8,10,12,14,16H,7,9,11H2,1-3H3;4-6,8,10-11,13-14H,7,9H2,1-3H3/t21-;16-;14-/m010/s1. The van der Waals surface area contributed by atoms with E-state index in [0.29, 0.717) is 104 Å². The minimum Gasteiger partial charge on any atom is -0.490 e. The van der Waals surface area contributed by atoms with Gasteiger partial charge in [0.25, 0.3) is 17.7 Å². The van der Waals surface area contributed by atoms with Crippen LogP contribution in [0.4, 0.5) is 0 Å². The highest BCUT2D eigenvalue weighted by Crippen LogP contribution is 2.42. The number of ether oxygens (including phenoxy) is 3. The molecule has 17 nitrogen and oxygen atoms in total. The number of aromatic nitrogens is 6. The number of ketones is 1. The van der Waals surface area contributed by atoms with Crippen molar-refractivity contribution in [3.8, 4) is 104 Å². The van der Waals surface area contributed by atoms with Crippen LogP contribution in [0.15, 0.2) is 123 Å². The molecule has 0 amide bonds. The van der Waals surface area contributed by atoms with Crippen molar-refractivity contribution in [2.24, 2.45) is 0 Å². The molecule has 3 aliphatic rings. The maximum Gasteiger partial charge on any atom is 0.258 e. The summed E-state index contributed by atoms with van der Waals surface area (Å²) in [5.74, 6) is 5.54. The molecule has 0 saturated carbocycles. The van der Waals surface area contributed by atoms with Crippen LogP contribution in [0, 0.1) is 34.0 Å². The predicted molar refractivity (Wildman–Crippen MR) is 329 cm³/mol. The Bertz CT molecular complexity index is 4080. The van der Waals surface area contributed by atoms with E-state index in [4.69, 9.17) is 27.8 Å². The topological polar surface area (TPSA) is 245 Å². The van der Waals surface area contributed by atoms with Crippen molar-refractivity contribution in [2.45, 2.75) is 150 Å². The fourth-order valence-corrected chi connectivity index (χ4v) is 11.6. The van der Waals surface area contributed by atoms with Crippen LogP contribution in [0.3, 0.4) is 0 Å². The van der Waals surface area contributed by atoms with Gasteiger partial charge in [-0.25, -0.2) is 0 Å². The lowest BCUT2D eigenvalue weighted by Gasteiger charge is -2.13. The fourth-order valence-electron chi connectivity index (χ4n) is 11.6. The van der Waals surface area contributed by atoms with E-state index in [9.17, 15) is 20.6 Å². The summed E-state index contributed by atoms with van der Waals surface area (Å²) in [6.45, 7) is 18.6. The Labute approximate surface area is 507 Å². The Hall–Kier alpha value is -9.76. The number of hydrogen-bond donors (Lipinski definition) is 1. The van der Waals surface area contributed by atoms with Gasteiger partial charge in [0.1, 0.15) is 41.2 Å². The van der Waals surface area contributed by atoms with Crippen LogP contribution in [0.25, 0.3) is 68.5 Å². The summed E-state index contributed by atoms with van der Waals surface area (Å²) in [6.07, 6.45) is 7.78. The fraction of sp³-hybridized carbons (Fsp3) is 0.343. The maximum atomic E-state index is 11.6. The molecule has 87 heavy (non-hydrogen) atoms. The molecule has 3 aromatic heterocycles. The van der Waals surface area contributed by atoms with Gasteiger partial charge in [-0.15, -0.1) is 0 Å². The summed E-state index contributed by atoms with van der Waals surface area (Å²) in [4.78, 5) is 25.4. The second kappa shape index (κ2) is 27.1. The first-order chi connectivity index (χ1) is 42.1. The zero-order valence-electron chi connectivity index (χ0n) is 50.6. The van der Waals surface area contributed by atoms with Gasteiger partial charge in [0.05, 0.1) is 35.0 Å². The van der Waals surface area contributed by atoms with E-state index in [1.54, 1.807) is 43.3 Å². The third kappa shape index (κ3) is 13.7. The molecule has 3 aliphatic carbocycles. The molecule has 442 valence electrons. The van der Waals surface area contributed by atoms with Crippen molar-refractivity contribution >= 4 is 5.78 Å². The van der Waals surface area contributed by atoms with Gasteiger partial charge in [-0.05, 0) is 200 Å². The van der Waals surface area contributed by atoms with Crippen molar-refractivity contribution in [3.63, 3.8) is 0 Å². The Morgan fingerprint density at radius 3 is 1.36 bits per heavy atom. The number of nitrogens with one attached hydrogen (secondary N) is 1. The van der Waals surface area contributed by atoms with Gasteiger partial charge in [-0.1, -0.05) is 83.9 Å². The summed E-state index contributed by atoms with van der Waals surface area (Å²) < 4.78 is 33.6. The Morgan fingerprint density at radius 1 is 0.552 bits per heavy atom. The first kappa shape index (κ1) is 60.4.